The molecule has 1 aliphatic rings. The number of methoxy groups -OCH3 is 1. The summed E-state index contributed by atoms with van der Waals surface area (Å²) in [5.41, 5.74) is 2.29. The molecule has 0 radical (unpaired) electrons. The SMILES string of the molecule is COc1cc(C2SCCS2)ccc1OCC(=O)N[C@H](C)c1ccccc1. The highest BCUT2D eigenvalue weighted by Crippen LogP contribution is 2.46. The Morgan fingerprint density at radius 3 is 2.58 bits per heavy atom. The van der Waals surface area contributed by atoms with Gasteiger partial charge in [0.1, 0.15) is 0 Å². The summed E-state index contributed by atoms with van der Waals surface area (Å²) in [6, 6.07) is 15.8. The monoisotopic (exact) mass is 389 g/mol. The van der Waals surface area contributed by atoms with Gasteiger partial charge in [0, 0.05) is 11.5 Å². The number of benzene rings is 2. The van der Waals surface area contributed by atoms with E-state index in [1.165, 1.54) is 17.1 Å². The normalized spacial score (nSPS) is 15.5. The molecule has 0 saturated carbocycles. The number of ether oxygens (including phenoxy) is 2. The van der Waals surface area contributed by atoms with E-state index in [0.29, 0.717) is 16.1 Å². The first-order valence-electron chi connectivity index (χ1n) is 8.55. The number of carbonyl (C=O) groups excluding carboxylic acids is 1. The molecule has 0 aromatic heterocycles. The van der Waals surface area contributed by atoms with E-state index >= 15 is 0 Å². The van der Waals surface area contributed by atoms with Crippen LogP contribution in [0.1, 0.15) is 28.7 Å². The van der Waals surface area contributed by atoms with Crippen molar-refractivity contribution in [2.45, 2.75) is 17.5 Å². The topological polar surface area (TPSA) is 47.6 Å². The molecule has 2 aromatic carbocycles. The molecule has 1 amide bonds. The smallest absolute Gasteiger partial charge is 0.258 e. The van der Waals surface area contributed by atoms with Crippen molar-refractivity contribution in [3.63, 3.8) is 0 Å². The molecule has 1 atom stereocenters. The Labute approximate surface area is 163 Å². The molecule has 1 heterocycles. The third kappa shape index (κ3) is 4.89. The van der Waals surface area contributed by atoms with Crippen LogP contribution in [0.25, 0.3) is 0 Å². The molecule has 2 aromatic rings. The van der Waals surface area contributed by atoms with Crippen molar-refractivity contribution in [1.82, 2.24) is 5.32 Å². The van der Waals surface area contributed by atoms with Crippen LogP contribution in [-0.4, -0.2) is 31.1 Å². The lowest BCUT2D eigenvalue weighted by atomic mass is 10.1. The number of rotatable bonds is 7. The summed E-state index contributed by atoms with van der Waals surface area (Å²) in [7, 11) is 1.62. The van der Waals surface area contributed by atoms with Crippen LogP contribution in [0.15, 0.2) is 48.5 Å². The number of carbonyl (C=O) groups is 1. The lowest BCUT2D eigenvalue weighted by molar-refractivity contribution is -0.123. The van der Waals surface area contributed by atoms with Crippen molar-refractivity contribution in [2.24, 2.45) is 0 Å². The molecule has 138 valence electrons. The molecular weight excluding hydrogens is 366 g/mol. The van der Waals surface area contributed by atoms with Gasteiger partial charge < -0.3 is 14.8 Å². The molecule has 1 aliphatic heterocycles. The maximum absolute atomic E-state index is 12.2. The van der Waals surface area contributed by atoms with Crippen LogP contribution >= 0.6 is 23.5 Å². The van der Waals surface area contributed by atoms with Crippen LogP contribution in [-0.2, 0) is 4.79 Å². The number of hydrogen-bond acceptors (Lipinski definition) is 5. The maximum Gasteiger partial charge on any atom is 0.258 e. The number of amides is 1. The van der Waals surface area contributed by atoms with Crippen LogP contribution in [0.4, 0.5) is 0 Å². The minimum atomic E-state index is -0.158. The standard InChI is InChI=1S/C20H23NO3S2/c1-14(15-6-4-3-5-7-15)21-19(22)13-24-17-9-8-16(12-18(17)23-2)20-25-10-11-26-20/h3-9,12,14,20H,10-11,13H2,1-2H3,(H,21,22)/t14-/m1/s1. The van der Waals surface area contributed by atoms with Gasteiger partial charge >= 0.3 is 0 Å². The fourth-order valence-corrected chi connectivity index (χ4v) is 5.59. The number of hydrogen-bond donors (Lipinski definition) is 1. The van der Waals surface area contributed by atoms with E-state index < -0.39 is 0 Å². The quantitative estimate of drug-likeness (QED) is 0.759. The van der Waals surface area contributed by atoms with Crippen molar-refractivity contribution < 1.29 is 14.3 Å². The average Bonchev–Trinajstić information content (AvgIpc) is 3.21. The third-order valence-corrected chi connectivity index (χ3v) is 7.22. The Bertz CT molecular complexity index is 733. The fourth-order valence-electron chi connectivity index (χ4n) is 2.75. The fraction of sp³-hybridized carbons (Fsp3) is 0.350. The van der Waals surface area contributed by atoms with Gasteiger partial charge in [-0.1, -0.05) is 36.4 Å². The zero-order valence-electron chi connectivity index (χ0n) is 14.9. The summed E-state index contributed by atoms with van der Waals surface area (Å²) < 4.78 is 11.6. The first-order valence-corrected chi connectivity index (χ1v) is 10.7. The molecular formula is C20H23NO3S2. The predicted molar refractivity (Wildman–Crippen MR) is 109 cm³/mol. The lowest BCUT2D eigenvalue weighted by Crippen LogP contribution is -2.31. The van der Waals surface area contributed by atoms with E-state index in [2.05, 4.69) is 11.4 Å². The molecule has 1 N–H and O–H groups in total. The Morgan fingerprint density at radius 2 is 1.88 bits per heavy atom. The van der Waals surface area contributed by atoms with Gasteiger partial charge in [0.05, 0.1) is 17.7 Å². The second-order valence-electron chi connectivity index (χ2n) is 5.97. The number of nitrogens with one attached hydrogen (secondary N) is 1. The Hall–Kier alpha value is -1.79. The predicted octanol–water partition coefficient (Wildman–Crippen LogP) is 4.43. The molecule has 0 unspecified atom stereocenters. The van der Waals surface area contributed by atoms with Gasteiger partial charge in [-0.05, 0) is 30.2 Å². The highest BCUT2D eigenvalue weighted by atomic mass is 32.2. The molecule has 26 heavy (non-hydrogen) atoms. The summed E-state index contributed by atoms with van der Waals surface area (Å²) in [6.07, 6.45) is 0. The minimum Gasteiger partial charge on any atom is -0.493 e. The summed E-state index contributed by atoms with van der Waals surface area (Å²) in [5, 5.41) is 2.95. The van der Waals surface area contributed by atoms with E-state index in [4.69, 9.17) is 9.47 Å². The van der Waals surface area contributed by atoms with E-state index in [9.17, 15) is 4.79 Å². The highest BCUT2D eigenvalue weighted by Gasteiger charge is 2.20. The van der Waals surface area contributed by atoms with E-state index in [1.54, 1.807) is 7.11 Å². The van der Waals surface area contributed by atoms with E-state index in [0.717, 1.165) is 5.56 Å². The summed E-state index contributed by atoms with van der Waals surface area (Å²) in [4.78, 5) is 12.2. The first-order chi connectivity index (χ1) is 12.7. The van der Waals surface area contributed by atoms with Crippen LogP contribution < -0.4 is 14.8 Å². The van der Waals surface area contributed by atoms with Crippen LogP contribution in [0.2, 0.25) is 0 Å². The summed E-state index contributed by atoms with van der Waals surface area (Å²) in [5.74, 6) is 3.45. The van der Waals surface area contributed by atoms with Gasteiger partial charge in [0.15, 0.2) is 18.1 Å². The number of thioether (sulfide) groups is 2. The van der Waals surface area contributed by atoms with Crippen LogP contribution in [0.5, 0.6) is 11.5 Å². The third-order valence-electron chi connectivity index (χ3n) is 4.12. The van der Waals surface area contributed by atoms with Crippen molar-refractivity contribution in [2.75, 3.05) is 25.2 Å². The molecule has 4 nitrogen and oxygen atoms in total. The lowest BCUT2D eigenvalue weighted by Gasteiger charge is -2.16. The minimum absolute atomic E-state index is 0.0419. The zero-order chi connectivity index (χ0) is 18.4. The molecule has 0 bridgehead atoms. The molecule has 0 spiro atoms. The van der Waals surface area contributed by atoms with Crippen molar-refractivity contribution in [3.8, 4) is 11.5 Å². The largest absolute Gasteiger partial charge is 0.493 e. The highest BCUT2D eigenvalue weighted by molar-refractivity contribution is 8.19. The Kier molecular flexibility index (Phi) is 6.74. The Morgan fingerprint density at radius 1 is 1.15 bits per heavy atom. The second-order valence-corrected chi connectivity index (χ2v) is 8.70. The van der Waals surface area contributed by atoms with Gasteiger partial charge in [0.25, 0.3) is 5.91 Å². The maximum atomic E-state index is 12.2. The molecule has 1 saturated heterocycles. The molecule has 0 aliphatic carbocycles. The molecule has 1 fully saturated rings. The summed E-state index contributed by atoms with van der Waals surface area (Å²) in [6.45, 7) is 1.92. The van der Waals surface area contributed by atoms with E-state index in [-0.39, 0.29) is 18.6 Å². The average molecular weight is 390 g/mol. The van der Waals surface area contributed by atoms with Crippen molar-refractivity contribution in [3.05, 3.63) is 59.7 Å². The van der Waals surface area contributed by atoms with Crippen molar-refractivity contribution in [1.29, 1.82) is 0 Å². The van der Waals surface area contributed by atoms with Gasteiger partial charge in [-0.2, -0.15) is 0 Å². The first kappa shape index (κ1) is 19.0. The van der Waals surface area contributed by atoms with Gasteiger partial charge in [-0.25, -0.2) is 0 Å². The second kappa shape index (κ2) is 9.24. The van der Waals surface area contributed by atoms with Crippen molar-refractivity contribution >= 4 is 29.4 Å². The van der Waals surface area contributed by atoms with E-state index in [1.807, 2.05) is 72.9 Å². The molecule has 6 heteroatoms. The van der Waals surface area contributed by atoms with Gasteiger partial charge in [-0.3, -0.25) is 4.79 Å². The molecule has 3 rings (SSSR count). The van der Waals surface area contributed by atoms with Crippen LogP contribution in [0.3, 0.4) is 0 Å². The zero-order valence-corrected chi connectivity index (χ0v) is 16.6. The van der Waals surface area contributed by atoms with Gasteiger partial charge in [-0.15, -0.1) is 23.5 Å². The summed E-state index contributed by atoms with van der Waals surface area (Å²) >= 11 is 3.89. The van der Waals surface area contributed by atoms with Crippen LogP contribution in [0, 0.1) is 0 Å². The Balaban J connectivity index is 1.57. The van der Waals surface area contributed by atoms with Gasteiger partial charge in [0.2, 0.25) is 0 Å².